The minimum Gasteiger partial charge on any atom is -0.466 e. The molecule has 0 spiro atoms. The van der Waals surface area contributed by atoms with Gasteiger partial charge in [-0.2, -0.15) is 0 Å². The Morgan fingerprint density at radius 1 is 1.11 bits per heavy atom. The summed E-state index contributed by atoms with van der Waals surface area (Å²) in [6, 6.07) is 20.9. The smallest absolute Gasteiger partial charge is 0.309 e. The van der Waals surface area contributed by atoms with Crippen LogP contribution >= 0.6 is 0 Å². The maximum atomic E-state index is 12.1. The molecule has 1 fully saturated rings. The first-order valence-electron chi connectivity index (χ1n) is 12.7. The summed E-state index contributed by atoms with van der Waals surface area (Å²) in [6.07, 6.45) is 3.94. The molecule has 0 amide bonds. The molecule has 0 radical (unpaired) electrons. The summed E-state index contributed by atoms with van der Waals surface area (Å²) in [5.74, 6) is -0.0348. The van der Waals surface area contributed by atoms with E-state index in [4.69, 9.17) is 4.74 Å². The Morgan fingerprint density at radius 2 is 1.83 bits per heavy atom. The van der Waals surface area contributed by atoms with Gasteiger partial charge in [0, 0.05) is 48.6 Å². The Hall–Kier alpha value is -3.67. The lowest BCUT2D eigenvalue weighted by molar-refractivity contribution is -0.148. The van der Waals surface area contributed by atoms with Crippen LogP contribution in [-0.4, -0.2) is 41.6 Å². The minimum absolute atomic E-state index is 0.000998. The molecule has 0 saturated carbocycles. The van der Waals surface area contributed by atoms with Crippen molar-refractivity contribution in [1.82, 2.24) is 4.98 Å². The van der Waals surface area contributed by atoms with E-state index in [0.717, 1.165) is 42.9 Å². The maximum Gasteiger partial charge on any atom is 0.309 e. The molecule has 3 aromatic rings. The van der Waals surface area contributed by atoms with Crippen molar-refractivity contribution in [2.45, 2.75) is 46.0 Å². The number of benzene rings is 2. The van der Waals surface area contributed by atoms with E-state index in [0.29, 0.717) is 18.7 Å². The standard InChI is InChI=1S/C30H35N3O3/c1-4-36-30(34)24-14-17-33(18-15-24)26-11-9-23(10-12-26)28(27-8-6-5-7-21(27)2)20-29(32-35)25-13-16-31-22(3)19-25/h5-13,16,19,24,28,35H,4,14-15,17-18,20H2,1-3H3/t28-/m1/s1. The number of aromatic nitrogens is 1. The first-order valence-corrected chi connectivity index (χ1v) is 12.7. The number of carbonyl (C=O) groups excluding carboxylic acids is 1. The molecule has 1 atom stereocenters. The Morgan fingerprint density at radius 3 is 2.47 bits per heavy atom. The van der Waals surface area contributed by atoms with Crippen molar-refractivity contribution in [1.29, 1.82) is 0 Å². The van der Waals surface area contributed by atoms with Crippen molar-refractivity contribution in [3.63, 3.8) is 0 Å². The zero-order chi connectivity index (χ0) is 25.5. The summed E-state index contributed by atoms with van der Waals surface area (Å²) < 4.78 is 5.21. The van der Waals surface area contributed by atoms with Crippen molar-refractivity contribution in [3.8, 4) is 0 Å². The van der Waals surface area contributed by atoms with Crippen molar-refractivity contribution in [2.24, 2.45) is 11.1 Å². The molecule has 0 aliphatic carbocycles. The highest BCUT2D eigenvalue weighted by atomic mass is 16.5. The molecule has 188 valence electrons. The second-order valence-electron chi connectivity index (χ2n) is 9.45. The van der Waals surface area contributed by atoms with Crippen LogP contribution in [0.15, 0.2) is 72.0 Å². The minimum atomic E-state index is -0.0701. The van der Waals surface area contributed by atoms with Gasteiger partial charge in [-0.25, -0.2) is 0 Å². The molecule has 6 nitrogen and oxygen atoms in total. The van der Waals surface area contributed by atoms with Crippen LogP contribution in [0.4, 0.5) is 5.69 Å². The summed E-state index contributed by atoms with van der Waals surface area (Å²) in [7, 11) is 0. The number of hydrogen-bond acceptors (Lipinski definition) is 6. The van der Waals surface area contributed by atoms with Gasteiger partial charge in [-0.15, -0.1) is 0 Å². The number of hydrogen-bond donors (Lipinski definition) is 1. The van der Waals surface area contributed by atoms with Gasteiger partial charge < -0.3 is 14.8 Å². The molecule has 0 unspecified atom stereocenters. The lowest BCUT2D eigenvalue weighted by atomic mass is 9.83. The Bertz CT molecular complexity index is 1200. The molecular formula is C30H35N3O3. The number of ether oxygens (including phenoxy) is 1. The number of aryl methyl sites for hydroxylation is 2. The van der Waals surface area contributed by atoms with Crippen LogP contribution in [0.5, 0.6) is 0 Å². The third-order valence-corrected chi connectivity index (χ3v) is 7.09. The molecule has 36 heavy (non-hydrogen) atoms. The number of piperidine rings is 1. The van der Waals surface area contributed by atoms with Gasteiger partial charge >= 0.3 is 5.97 Å². The first kappa shape index (κ1) is 25.4. The largest absolute Gasteiger partial charge is 0.466 e. The van der Waals surface area contributed by atoms with E-state index in [1.165, 1.54) is 16.7 Å². The number of nitrogens with zero attached hydrogens (tertiary/aromatic N) is 3. The highest BCUT2D eigenvalue weighted by Gasteiger charge is 2.26. The molecule has 1 aromatic heterocycles. The van der Waals surface area contributed by atoms with Crippen molar-refractivity contribution in [3.05, 3.63) is 94.8 Å². The van der Waals surface area contributed by atoms with Crippen LogP contribution in [0, 0.1) is 19.8 Å². The van der Waals surface area contributed by atoms with E-state index in [1.807, 2.05) is 32.0 Å². The second kappa shape index (κ2) is 11.8. The number of carbonyl (C=O) groups is 1. The quantitative estimate of drug-likeness (QED) is 0.187. The number of esters is 1. The van der Waals surface area contributed by atoms with Crippen LogP contribution in [0.25, 0.3) is 0 Å². The molecule has 0 bridgehead atoms. The molecular weight excluding hydrogens is 450 g/mol. The third kappa shape index (κ3) is 5.93. The summed E-state index contributed by atoms with van der Waals surface area (Å²) in [5.41, 5.74) is 7.15. The van der Waals surface area contributed by atoms with Crippen LogP contribution in [0.1, 0.15) is 60.1 Å². The monoisotopic (exact) mass is 485 g/mol. The lowest BCUT2D eigenvalue weighted by Gasteiger charge is -2.33. The molecule has 1 aliphatic rings. The lowest BCUT2D eigenvalue weighted by Crippen LogP contribution is -2.36. The highest BCUT2D eigenvalue weighted by molar-refractivity contribution is 6.01. The predicted molar refractivity (Wildman–Crippen MR) is 143 cm³/mol. The zero-order valence-electron chi connectivity index (χ0n) is 21.4. The van der Waals surface area contributed by atoms with Crippen LogP contribution < -0.4 is 4.90 Å². The van der Waals surface area contributed by atoms with Crippen LogP contribution in [0.3, 0.4) is 0 Å². The summed E-state index contributed by atoms with van der Waals surface area (Å²) in [5, 5.41) is 13.6. The topological polar surface area (TPSA) is 75.0 Å². The normalized spacial score (nSPS) is 15.5. The van der Waals surface area contributed by atoms with Gasteiger partial charge in [-0.1, -0.05) is 41.6 Å². The van der Waals surface area contributed by atoms with Gasteiger partial charge in [-0.3, -0.25) is 9.78 Å². The fraction of sp³-hybridized carbons (Fsp3) is 0.367. The average Bonchev–Trinajstić information content (AvgIpc) is 2.90. The van der Waals surface area contributed by atoms with E-state index in [2.05, 4.69) is 64.4 Å². The first-order chi connectivity index (χ1) is 17.5. The summed E-state index contributed by atoms with van der Waals surface area (Å²) in [6.45, 7) is 8.03. The fourth-order valence-electron chi connectivity index (χ4n) is 5.07. The molecule has 1 saturated heterocycles. The van der Waals surface area contributed by atoms with E-state index in [-0.39, 0.29) is 17.8 Å². The van der Waals surface area contributed by atoms with E-state index >= 15 is 0 Å². The molecule has 2 heterocycles. The fourth-order valence-corrected chi connectivity index (χ4v) is 5.07. The summed E-state index contributed by atoms with van der Waals surface area (Å²) in [4.78, 5) is 18.7. The number of pyridine rings is 1. The van der Waals surface area contributed by atoms with Gasteiger partial charge in [0.15, 0.2) is 0 Å². The van der Waals surface area contributed by atoms with Crippen LogP contribution in [0.2, 0.25) is 0 Å². The van der Waals surface area contributed by atoms with Gasteiger partial charge in [0.2, 0.25) is 0 Å². The predicted octanol–water partition coefficient (Wildman–Crippen LogP) is 5.88. The molecule has 2 aromatic carbocycles. The number of anilines is 1. The zero-order valence-corrected chi connectivity index (χ0v) is 21.4. The molecule has 4 rings (SSSR count). The third-order valence-electron chi connectivity index (χ3n) is 7.09. The molecule has 1 aliphatic heterocycles. The molecule has 1 N–H and O–H groups in total. The van der Waals surface area contributed by atoms with E-state index < -0.39 is 0 Å². The van der Waals surface area contributed by atoms with E-state index in [1.54, 1.807) is 6.20 Å². The van der Waals surface area contributed by atoms with Crippen molar-refractivity contribution >= 4 is 17.4 Å². The van der Waals surface area contributed by atoms with Gasteiger partial charge in [0.05, 0.1) is 18.2 Å². The average molecular weight is 486 g/mol. The van der Waals surface area contributed by atoms with Crippen molar-refractivity contribution in [2.75, 3.05) is 24.6 Å². The SMILES string of the molecule is CCOC(=O)C1CCN(c2ccc([C@@H](CC(=NO)c3ccnc(C)c3)c3ccccc3C)cc2)CC1. The maximum absolute atomic E-state index is 12.1. The second-order valence-corrected chi connectivity index (χ2v) is 9.45. The van der Waals surface area contributed by atoms with Crippen molar-refractivity contribution < 1.29 is 14.7 Å². The van der Waals surface area contributed by atoms with Gasteiger partial charge in [-0.05, 0) is 74.6 Å². The Kier molecular flexibility index (Phi) is 8.36. The summed E-state index contributed by atoms with van der Waals surface area (Å²) >= 11 is 0. The molecule has 6 heteroatoms. The Balaban J connectivity index is 1.56. The number of oxime groups is 1. The van der Waals surface area contributed by atoms with Crippen LogP contribution in [-0.2, 0) is 9.53 Å². The number of rotatable bonds is 8. The van der Waals surface area contributed by atoms with Gasteiger partial charge in [0.1, 0.15) is 0 Å². The van der Waals surface area contributed by atoms with E-state index in [9.17, 15) is 10.0 Å². The van der Waals surface area contributed by atoms with Gasteiger partial charge in [0.25, 0.3) is 0 Å². The highest BCUT2D eigenvalue weighted by Crippen LogP contribution is 2.34. The Labute approximate surface area is 213 Å².